The van der Waals surface area contributed by atoms with Gasteiger partial charge in [0, 0.05) is 54.2 Å². The van der Waals surface area contributed by atoms with Crippen molar-refractivity contribution in [3.05, 3.63) is 113 Å². The van der Waals surface area contributed by atoms with E-state index in [0.717, 1.165) is 37.0 Å². The first-order valence-corrected chi connectivity index (χ1v) is 15.9. The number of rotatable bonds is 11. The van der Waals surface area contributed by atoms with Gasteiger partial charge >= 0.3 is 5.97 Å². The largest absolute Gasteiger partial charge is 0.478 e. The molecule has 8 rings (SSSR count). The minimum absolute atomic E-state index is 0.0370. The van der Waals surface area contributed by atoms with E-state index in [1.54, 1.807) is 24.4 Å². The Hall–Kier alpha value is -5.56. The van der Waals surface area contributed by atoms with Crippen LogP contribution in [0.25, 0.3) is 33.5 Å². The van der Waals surface area contributed by atoms with Crippen LogP contribution in [0.15, 0.2) is 73.2 Å². The van der Waals surface area contributed by atoms with Gasteiger partial charge in [0.15, 0.2) is 0 Å². The van der Waals surface area contributed by atoms with Gasteiger partial charge in [0.05, 0.1) is 52.9 Å². The Morgan fingerprint density at radius 1 is 0.939 bits per heavy atom. The molecule has 1 aliphatic carbocycles. The molecule has 1 unspecified atom stereocenters. The highest BCUT2D eigenvalue weighted by Crippen LogP contribution is 2.35. The lowest BCUT2D eigenvalue weighted by atomic mass is 10.0. The molecule has 0 spiro atoms. The fraction of sp³-hybridized carbons (Fsp3) is 0.250. The summed E-state index contributed by atoms with van der Waals surface area (Å²) in [6.07, 6.45) is 7.81. The van der Waals surface area contributed by atoms with Crippen molar-refractivity contribution in [2.75, 3.05) is 6.61 Å². The van der Waals surface area contributed by atoms with Crippen molar-refractivity contribution in [1.82, 2.24) is 29.3 Å². The number of ether oxygens (including phenoxy) is 2. The number of aromatic nitrogens is 6. The van der Waals surface area contributed by atoms with E-state index in [9.17, 15) is 14.3 Å². The van der Waals surface area contributed by atoms with Crippen molar-refractivity contribution >= 4 is 17.0 Å². The Morgan fingerprint density at radius 2 is 1.78 bits per heavy atom. The van der Waals surface area contributed by atoms with Gasteiger partial charge in [-0.3, -0.25) is 9.67 Å². The molecule has 1 atom stereocenters. The highest BCUT2D eigenvalue weighted by atomic mass is 19.1. The first kappa shape index (κ1) is 30.8. The van der Waals surface area contributed by atoms with Crippen LogP contribution < -0.4 is 4.74 Å². The summed E-state index contributed by atoms with van der Waals surface area (Å²) >= 11 is 0. The number of benzene rings is 2. The lowest BCUT2D eigenvalue weighted by Gasteiger charge is -2.27. The Bertz CT molecular complexity index is 2230. The molecule has 6 aromatic rings. The second kappa shape index (κ2) is 12.5. The van der Waals surface area contributed by atoms with E-state index in [1.807, 2.05) is 15.4 Å². The molecule has 1 N–H and O–H groups in total. The summed E-state index contributed by atoms with van der Waals surface area (Å²) in [7, 11) is 0. The Morgan fingerprint density at radius 3 is 2.53 bits per heavy atom. The average molecular weight is 667 g/mol. The third kappa shape index (κ3) is 6.24. The topological polar surface area (TPSA) is 117 Å². The molecule has 0 amide bonds. The number of carbonyl (C=O) groups is 1. The molecule has 2 aromatic carbocycles. The molecule has 1 aliphatic heterocycles. The van der Waals surface area contributed by atoms with Crippen molar-refractivity contribution in [2.24, 2.45) is 0 Å². The van der Waals surface area contributed by atoms with Gasteiger partial charge in [0.2, 0.25) is 5.88 Å². The Balaban J connectivity index is 1.000. The highest BCUT2D eigenvalue weighted by Gasteiger charge is 2.25. The third-order valence-corrected chi connectivity index (χ3v) is 8.86. The Labute approximate surface area is 277 Å². The van der Waals surface area contributed by atoms with Crippen LogP contribution in [0.5, 0.6) is 5.88 Å². The number of hydrogen-bond donors (Lipinski definition) is 1. The third-order valence-electron chi connectivity index (χ3n) is 8.86. The lowest BCUT2D eigenvalue weighted by Crippen LogP contribution is -2.31. The van der Waals surface area contributed by atoms with Crippen LogP contribution in [0, 0.1) is 17.5 Å². The summed E-state index contributed by atoms with van der Waals surface area (Å²) in [5.41, 5.74) is 2.76. The maximum Gasteiger partial charge on any atom is 0.335 e. The zero-order chi connectivity index (χ0) is 33.6. The van der Waals surface area contributed by atoms with E-state index in [0.29, 0.717) is 41.7 Å². The maximum atomic E-state index is 15.6. The van der Waals surface area contributed by atoms with Gasteiger partial charge in [-0.25, -0.2) is 27.9 Å². The summed E-state index contributed by atoms with van der Waals surface area (Å²) in [6, 6.07) is 13.2. The maximum absolute atomic E-state index is 15.6. The van der Waals surface area contributed by atoms with Crippen LogP contribution in [-0.2, 0) is 24.3 Å². The summed E-state index contributed by atoms with van der Waals surface area (Å²) in [5.74, 6) is -2.38. The molecule has 1 saturated heterocycles. The monoisotopic (exact) mass is 666 g/mol. The number of pyridine rings is 2. The zero-order valence-corrected chi connectivity index (χ0v) is 26.0. The molecule has 0 bridgehead atoms. The molecule has 4 aromatic heterocycles. The fourth-order valence-corrected chi connectivity index (χ4v) is 5.90. The minimum atomic E-state index is -1.07. The standard InChI is InChI=1S/C36H29F3N6O4/c37-27-13-26(29(39)10-21(27)12-34-42-31-7-4-20(36(46)47)11-33(31)44(34)18-25-8-9-48-25)30-2-1-3-35(43-30)49-19-23-15-40-32(14-28(23)38)22-16-41-45(17-22)24-5-6-24/h1-4,7,10-11,13-17,24-25H,5-6,8-9,12,18-19H2,(H,46,47). The first-order valence-electron chi connectivity index (χ1n) is 15.9. The highest BCUT2D eigenvalue weighted by molar-refractivity contribution is 5.92. The van der Waals surface area contributed by atoms with Crippen molar-refractivity contribution in [3.63, 3.8) is 0 Å². The molecule has 2 fully saturated rings. The van der Waals surface area contributed by atoms with Crippen molar-refractivity contribution in [1.29, 1.82) is 0 Å². The zero-order valence-electron chi connectivity index (χ0n) is 26.0. The second-order valence-electron chi connectivity index (χ2n) is 12.3. The summed E-state index contributed by atoms with van der Waals surface area (Å²) in [6.45, 7) is 0.862. The molecule has 2 aliphatic rings. The molecule has 5 heterocycles. The van der Waals surface area contributed by atoms with Gasteiger partial charge in [-0.2, -0.15) is 5.10 Å². The smallest absolute Gasteiger partial charge is 0.335 e. The van der Waals surface area contributed by atoms with Crippen molar-refractivity contribution in [2.45, 2.75) is 51.0 Å². The number of nitrogens with zero attached hydrogens (tertiary/aromatic N) is 6. The second-order valence-corrected chi connectivity index (χ2v) is 12.3. The number of hydrogen-bond acceptors (Lipinski definition) is 7. The van der Waals surface area contributed by atoms with Gasteiger partial charge in [-0.1, -0.05) is 6.07 Å². The van der Waals surface area contributed by atoms with Crippen LogP contribution in [0.2, 0.25) is 0 Å². The normalized spacial score (nSPS) is 15.8. The molecule has 248 valence electrons. The number of aromatic carboxylic acids is 1. The van der Waals surface area contributed by atoms with Gasteiger partial charge in [-0.15, -0.1) is 0 Å². The van der Waals surface area contributed by atoms with Gasteiger partial charge in [0.1, 0.15) is 29.9 Å². The quantitative estimate of drug-likeness (QED) is 0.161. The molecule has 0 radical (unpaired) electrons. The number of halogens is 3. The summed E-state index contributed by atoms with van der Waals surface area (Å²) in [4.78, 5) is 24.9. The van der Waals surface area contributed by atoms with Crippen LogP contribution in [0.4, 0.5) is 13.2 Å². The fourth-order valence-electron chi connectivity index (χ4n) is 5.90. The SMILES string of the molecule is O=C(O)c1ccc2nc(Cc3cc(F)c(-c4cccc(OCc5cnc(-c6cnn(C7CC7)c6)cc5F)n4)cc3F)n(CC3CCO3)c2c1. The van der Waals surface area contributed by atoms with Gasteiger partial charge < -0.3 is 19.1 Å². The van der Waals surface area contributed by atoms with Crippen LogP contribution >= 0.6 is 0 Å². The van der Waals surface area contributed by atoms with Crippen molar-refractivity contribution < 1.29 is 32.5 Å². The van der Waals surface area contributed by atoms with Gasteiger partial charge in [-0.05, 0) is 61.2 Å². The van der Waals surface area contributed by atoms with E-state index < -0.39 is 23.4 Å². The lowest BCUT2D eigenvalue weighted by molar-refractivity contribution is -0.0589. The van der Waals surface area contributed by atoms with Gasteiger partial charge in [0.25, 0.3) is 0 Å². The summed E-state index contributed by atoms with van der Waals surface area (Å²) < 4.78 is 61.1. The van der Waals surface area contributed by atoms with E-state index in [-0.39, 0.29) is 53.0 Å². The van der Waals surface area contributed by atoms with Crippen LogP contribution in [0.3, 0.4) is 0 Å². The Kier molecular flexibility index (Phi) is 7.83. The number of fused-ring (bicyclic) bond motifs is 1. The number of carboxylic acids is 1. The number of imidazole rings is 1. The van der Waals surface area contributed by atoms with Crippen molar-refractivity contribution in [3.8, 4) is 28.4 Å². The van der Waals surface area contributed by atoms with E-state index in [1.165, 1.54) is 30.5 Å². The molecule has 49 heavy (non-hydrogen) atoms. The molecule has 1 saturated carbocycles. The van der Waals surface area contributed by atoms with E-state index in [2.05, 4.69) is 20.1 Å². The predicted octanol–water partition coefficient (Wildman–Crippen LogP) is 6.77. The first-order chi connectivity index (χ1) is 23.8. The van der Waals surface area contributed by atoms with E-state index in [4.69, 9.17) is 9.47 Å². The number of carboxylic acid groups (broad SMARTS) is 1. The predicted molar refractivity (Wildman–Crippen MR) is 171 cm³/mol. The molecule has 10 nitrogen and oxygen atoms in total. The molecular weight excluding hydrogens is 637 g/mol. The van der Waals surface area contributed by atoms with Crippen LogP contribution in [-0.4, -0.2) is 53.1 Å². The minimum Gasteiger partial charge on any atom is -0.478 e. The molecular formula is C36H29F3N6O4. The summed E-state index contributed by atoms with van der Waals surface area (Å²) in [5, 5.41) is 13.8. The van der Waals surface area contributed by atoms with E-state index >= 15 is 8.78 Å². The average Bonchev–Trinajstić information content (AvgIpc) is 3.70. The van der Waals surface area contributed by atoms with Crippen LogP contribution in [0.1, 0.15) is 52.6 Å². The molecule has 13 heteroatoms.